The van der Waals surface area contributed by atoms with Gasteiger partial charge in [-0.2, -0.15) is 5.10 Å². The lowest BCUT2D eigenvalue weighted by atomic mass is 9.84. The van der Waals surface area contributed by atoms with Gasteiger partial charge in [-0.3, -0.25) is 14.8 Å². The molecule has 2 heterocycles. The van der Waals surface area contributed by atoms with Crippen molar-refractivity contribution in [1.82, 2.24) is 20.0 Å². The zero-order valence-electron chi connectivity index (χ0n) is 15.6. The zero-order valence-corrected chi connectivity index (χ0v) is 15.6. The second-order valence-electron chi connectivity index (χ2n) is 7.48. The van der Waals surface area contributed by atoms with Gasteiger partial charge in [0.2, 0.25) is 0 Å². The van der Waals surface area contributed by atoms with E-state index in [1.54, 1.807) is 0 Å². The molecule has 25 heavy (non-hydrogen) atoms. The van der Waals surface area contributed by atoms with E-state index in [4.69, 9.17) is 0 Å². The summed E-state index contributed by atoms with van der Waals surface area (Å²) in [5, 5.41) is 6.98. The van der Waals surface area contributed by atoms with Crippen LogP contribution in [0.3, 0.4) is 0 Å². The summed E-state index contributed by atoms with van der Waals surface area (Å²) in [5.74, 6) is 0.840. The Morgan fingerprint density at radius 1 is 1.24 bits per heavy atom. The van der Waals surface area contributed by atoms with Crippen LogP contribution in [0, 0.1) is 18.8 Å². The van der Waals surface area contributed by atoms with E-state index in [0.29, 0.717) is 17.5 Å². The van der Waals surface area contributed by atoms with Gasteiger partial charge < -0.3 is 4.90 Å². The Bertz CT molecular complexity index is 699. The fourth-order valence-electron chi connectivity index (χ4n) is 4.24. The fourth-order valence-corrected chi connectivity index (χ4v) is 4.24. The summed E-state index contributed by atoms with van der Waals surface area (Å²) in [7, 11) is 1.91. The van der Waals surface area contributed by atoms with Gasteiger partial charge in [0.15, 0.2) is 0 Å². The molecule has 0 saturated carbocycles. The molecule has 3 atom stereocenters. The van der Waals surface area contributed by atoms with Crippen LogP contribution in [-0.2, 0) is 6.54 Å². The lowest BCUT2D eigenvalue weighted by Crippen LogP contribution is -2.55. The number of piperidine rings is 1. The van der Waals surface area contributed by atoms with Crippen LogP contribution in [-0.4, -0.2) is 52.1 Å². The van der Waals surface area contributed by atoms with Crippen LogP contribution in [0.15, 0.2) is 36.4 Å². The summed E-state index contributed by atoms with van der Waals surface area (Å²) < 4.78 is 0. The molecule has 1 saturated heterocycles. The second kappa shape index (κ2) is 7.40. The van der Waals surface area contributed by atoms with E-state index in [-0.39, 0.29) is 11.9 Å². The van der Waals surface area contributed by atoms with Gasteiger partial charge in [-0.1, -0.05) is 44.2 Å². The first-order chi connectivity index (χ1) is 12.0. The maximum Gasteiger partial charge on any atom is 0.274 e. The van der Waals surface area contributed by atoms with Gasteiger partial charge in [0.25, 0.3) is 5.91 Å². The van der Waals surface area contributed by atoms with Crippen LogP contribution >= 0.6 is 0 Å². The summed E-state index contributed by atoms with van der Waals surface area (Å²) in [6.07, 6.45) is 0. The maximum absolute atomic E-state index is 12.8. The molecular weight excluding hydrogens is 312 g/mol. The quantitative estimate of drug-likeness (QED) is 0.931. The lowest BCUT2D eigenvalue weighted by Gasteiger charge is -2.45. The molecule has 1 aromatic heterocycles. The summed E-state index contributed by atoms with van der Waals surface area (Å²) >= 11 is 0. The molecule has 0 aliphatic carbocycles. The number of H-pyrrole nitrogens is 1. The topological polar surface area (TPSA) is 52.2 Å². The Hall–Kier alpha value is -2.14. The smallest absolute Gasteiger partial charge is 0.274 e. The van der Waals surface area contributed by atoms with E-state index in [1.807, 2.05) is 24.9 Å². The highest BCUT2D eigenvalue weighted by Crippen LogP contribution is 2.28. The van der Waals surface area contributed by atoms with E-state index in [9.17, 15) is 4.79 Å². The summed E-state index contributed by atoms with van der Waals surface area (Å²) in [4.78, 5) is 17.1. The van der Waals surface area contributed by atoms with Crippen molar-refractivity contribution in [2.24, 2.45) is 11.8 Å². The first-order valence-electron chi connectivity index (χ1n) is 9.01. The summed E-state index contributed by atoms with van der Waals surface area (Å²) in [6.45, 7) is 9.38. The molecule has 0 spiro atoms. The highest BCUT2D eigenvalue weighted by Gasteiger charge is 2.36. The van der Waals surface area contributed by atoms with E-state index in [2.05, 4.69) is 59.3 Å². The van der Waals surface area contributed by atoms with Gasteiger partial charge in [-0.05, 0) is 30.4 Å². The molecule has 1 aliphatic rings. The minimum atomic E-state index is 0.00422. The molecule has 1 N–H and O–H groups in total. The van der Waals surface area contributed by atoms with Crippen LogP contribution in [0.5, 0.6) is 0 Å². The molecular formula is C20H28N4O. The van der Waals surface area contributed by atoms with Crippen LogP contribution < -0.4 is 0 Å². The van der Waals surface area contributed by atoms with Gasteiger partial charge in [0, 0.05) is 38.4 Å². The first kappa shape index (κ1) is 17.7. The molecule has 0 radical (unpaired) electrons. The SMILES string of the molecule is Cc1cc(C(=O)N(C)C2[C@H](C)CN(Cc3ccccc3)C[C@@H]2C)n[nH]1. The highest BCUT2D eigenvalue weighted by molar-refractivity contribution is 5.92. The molecule has 134 valence electrons. The van der Waals surface area contributed by atoms with Gasteiger partial charge in [0.05, 0.1) is 0 Å². The number of likely N-dealkylation sites (tertiary alicyclic amines) is 1. The van der Waals surface area contributed by atoms with Crippen LogP contribution in [0.4, 0.5) is 0 Å². The predicted octanol–water partition coefficient (Wildman–Crippen LogP) is 2.95. The zero-order chi connectivity index (χ0) is 18.0. The second-order valence-corrected chi connectivity index (χ2v) is 7.48. The van der Waals surface area contributed by atoms with Crippen molar-refractivity contribution in [3.8, 4) is 0 Å². The predicted molar refractivity (Wildman–Crippen MR) is 99.3 cm³/mol. The van der Waals surface area contributed by atoms with Gasteiger partial charge in [-0.25, -0.2) is 0 Å². The van der Waals surface area contributed by atoms with Crippen LogP contribution in [0.2, 0.25) is 0 Å². The molecule has 2 aromatic rings. The fraction of sp³-hybridized carbons (Fsp3) is 0.500. The Morgan fingerprint density at radius 3 is 2.44 bits per heavy atom. The van der Waals surface area contributed by atoms with E-state index in [0.717, 1.165) is 25.3 Å². The van der Waals surface area contributed by atoms with Crippen LogP contribution in [0.1, 0.15) is 35.6 Å². The standard InChI is InChI=1S/C20H28N4O/c1-14-11-24(13-17-8-6-5-7-9-17)12-15(2)19(14)23(4)20(25)18-10-16(3)21-22-18/h5-10,14-15,19H,11-13H2,1-4H3,(H,21,22)/t14-,15+,19?. The molecule has 5 heteroatoms. The minimum Gasteiger partial charge on any atom is -0.337 e. The van der Waals surface area contributed by atoms with Crippen LogP contribution in [0.25, 0.3) is 0 Å². The van der Waals surface area contributed by atoms with E-state index < -0.39 is 0 Å². The molecule has 1 amide bonds. The molecule has 1 unspecified atom stereocenters. The number of aromatic nitrogens is 2. The normalized spacial score (nSPS) is 24.2. The number of carbonyl (C=O) groups is 1. The van der Waals surface area contributed by atoms with Crippen molar-refractivity contribution >= 4 is 5.91 Å². The Morgan fingerprint density at radius 2 is 1.88 bits per heavy atom. The van der Waals surface area contributed by atoms with Crippen molar-refractivity contribution in [3.05, 3.63) is 53.3 Å². The van der Waals surface area contributed by atoms with Crippen molar-refractivity contribution in [2.75, 3.05) is 20.1 Å². The van der Waals surface area contributed by atoms with Crippen molar-refractivity contribution < 1.29 is 4.79 Å². The number of hydrogen-bond acceptors (Lipinski definition) is 3. The van der Waals surface area contributed by atoms with Crippen molar-refractivity contribution in [1.29, 1.82) is 0 Å². The molecule has 1 fully saturated rings. The average molecular weight is 340 g/mol. The molecule has 0 bridgehead atoms. The number of aryl methyl sites for hydroxylation is 1. The monoisotopic (exact) mass is 340 g/mol. The van der Waals surface area contributed by atoms with Crippen molar-refractivity contribution in [3.63, 3.8) is 0 Å². The largest absolute Gasteiger partial charge is 0.337 e. The molecule has 3 rings (SSSR count). The Balaban J connectivity index is 1.66. The number of rotatable bonds is 4. The Labute approximate surface area is 150 Å². The van der Waals surface area contributed by atoms with Gasteiger partial charge in [-0.15, -0.1) is 0 Å². The number of amides is 1. The first-order valence-corrected chi connectivity index (χ1v) is 9.01. The van der Waals surface area contributed by atoms with Crippen molar-refractivity contribution in [2.45, 2.75) is 33.4 Å². The summed E-state index contributed by atoms with van der Waals surface area (Å²) in [6, 6.07) is 12.6. The van der Waals surface area contributed by atoms with Gasteiger partial charge in [0.1, 0.15) is 5.69 Å². The number of nitrogens with one attached hydrogen (secondary N) is 1. The third-order valence-electron chi connectivity index (χ3n) is 5.20. The molecule has 1 aromatic carbocycles. The average Bonchev–Trinajstić information content (AvgIpc) is 3.01. The number of benzene rings is 1. The Kier molecular flexibility index (Phi) is 5.23. The molecule has 5 nitrogen and oxygen atoms in total. The number of carbonyl (C=O) groups excluding carboxylic acids is 1. The third-order valence-corrected chi connectivity index (χ3v) is 5.20. The van der Waals surface area contributed by atoms with E-state index in [1.165, 1.54) is 5.56 Å². The lowest BCUT2D eigenvalue weighted by molar-refractivity contribution is 0.0267. The maximum atomic E-state index is 12.8. The third kappa shape index (κ3) is 3.93. The number of hydrogen-bond donors (Lipinski definition) is 1. The number of aromatic amines is 1. The molecule has 1 aliphatic heterocycles. The van der Waals surface area contributed by atoms with Gasteiger partial charge >= 0.3 is 0 Å². The minimum absolute atomic E-state index is 0.00422. The number of nitrogens with zero attached hydrogens (tertiary/aromatic N) is 3. The highest BCUT2D eigenvalue weighted by atomic mass is 16.2. The summed E-state index contributed by atoms with van der Waals surface area (Å²) in [5.41, 5.74) is 2.76. The van der Waals surface area contributed by atoms with E-state index >= 15 is 0 Å².